The molecule has 1 aliphatic rings. The van der Waals surface area contributed by atoms with E-state index in [-0.39, 0.29) is 19.0 Å². The number of methoxy groups -OCH3 is 1. The van der Waals surface area contributed by atoms with Crippen molar-refractivity contribution in [1.29, 1.82) is 0 Å². The molecule has 3 N–H and O–H groups in total. The fourth-order valence-electron chi connectivity index (χ4n) is 3.45. The molecule has 0 unspecified atom stereocenters. The van der Waals surface area contributed by atoms with E-state index in [0.717, 1.165) is 16.9 Å². The van der Waals surface area contributed by atoms with Crippen molar-refractivity contribution in [3.05, 3.63) is 65.7 Å². The van der Waals surface area contributed by atoms with Crippen LogP contribution in [0.2, 0.25) is 0 Å². The van der Waals surface area contributed by atoms with E-state index in [1.165, 1.54) is 0 Å². The summed E-state index contributed by atoms with van der Waals surface area (Å²) in [6.07, 6.45) is -0.337. The number of carbonyl (C=O) groups is 1. The van der Waals surface area contributed by atoms with Gasteiger partial charge in [0.1, 0.15) is 17.5 Å². The molecular weight excluding hydrogens is 356 g/mol. The van der Waals surface area contributed by atoms with Gasteiger partial charge < -0.3 is 25.2 Å². The summed E-state index contributed by atoms with van der Waals surface area (Å²) in [7, 11) is 1.63. The largest absolute Gasteiger partial charge is 0.497 e. The average Bonchev–Trinajstić information content (AvgIpc) is 2.71. The highest BCUT2D eigenvalue weighted by atomic mass is 16.5. The monoisotopic (exact) mass is 384 g/mol. The summed E-state index contributed by atoms with van der Waals surface area (Å²) in [5, 5.41) is 24.5. The van der Waals surface area contributed by atoms with Crippen LogP contribution in [0.5, 0.6) is 5.75 Å². The Morgan fingerprint density at radius 1 is 1.18 bits per heavy atom. The number of hydrogen-bond donors (Lipinski definition) is 3. The number of hydrogen-bond acceptors (Lipinski definition) is 5. The van der Waals surface area contributed by atoms with Gasteiger partial charge in [-0.05, 0) is 29.7 Å². The van der Waals surface area contributed by atoms with E-state index in [0.29, 0.717) is 25.9 Å². The van der Waals surface area contributed by atoms with Crippen LogP contribution in [-0.2, 0) is 17.8 Å². The highest BCUT2D eigenvalue weighted by molar-refractivity contribution is 5.79. The van der Waals surface area contributed by atoms with Crippen molar-refractivity contribution in [3.63, 3.8) is 0 Å². The van der Waals surface area contributed by atoms with Crippen molar-refractivity contribution in [1.82, 2.24) is 10.2 Å². The molecule has 1 heterocycles. The highest BCUT2D eigenvalue weighted by Gasteiger charge is 2.41. The van der Waals surface area contributed by atoms with Crippen LogP contribution in [-0.4, -0.2) is 59.5 Å². The Balaban J connectivity index is 1.48. The van der Waals surface area contributed by atoms with Crippen LogP contribution in [0.3, 0.4) is 0 Å². The zero-order chi connectivity index (χ0) is 20.0. The van der Waals surface area contributed by atoms with Gasteiger partial charge in [0.15, 0.2) is 0 Å². The van der Waals surface area contributed by atoms with Gasteiger partial charge in [-0.1, -0.05) is 42.5 Å². The average molecular weight is 384 g/mol. The molecule has 2 aromatic carbocycles. The number of rotatable bonds is 7. The fourth-order valence-corrected chi connectivity index (χ4v) is 3.45. The van der Waals surface area contributed by atoms with Crippen LogP contribution >= 0.6 is 0 Å². The summed E-state index contributed by atoms with van der Waals surface area (Å²) < 4.78 is 5.14. The first-order chi connectivity index (χ1) is 13.5. The van der Waals surface area contributed by atoms with Crippen LogP contribution < -0.4 is 10.1 Å². The Bertz CT molecular complexity index is 766. The summed E-state index contributed by atoms with van der Waals surface area (Å²) in [6, 6.07) is 17.2. The molecular formula is C22H28N2O4. The lowest BCUT2D eigenvalue weighted by Gasteiger charge is -2.42. The van der Waals surface area contributed by atoms with Gasteiger partial charge in [-0.25, -0.2) is 0 Å². The third-order valence-corrected chi connectivity index (χ3v) is 5.30. The Hall–Kier alpha value is -2.41. The maximum atomic E-state index is 12.5. The summed E-state index contributed by atoms with van der Waals surface area (Å²) in [5.41, 5.74) is 0.772. The second-order valence-electron chi connectivity index (χ2n) is 7.32. The zero-order valence-electron chi connectivity index (χ0n) is 16.2. The Kier molecular flexibility index (Phi) is 6.67. The number of benzene rings is 2. The van der Waals surface area contributed by atoms with E-state index < -0.39 is 11.7 Å². The van der Waals surface area contributed by atoms with Crippen molar-refractivity contribution in [3.8, 4) is 5.75 Å². The first-order valence-corrected chi connectivity index (χ1v) is 9.56. The molecule has 6 heteroatoms. The number of carbonyl (C=O) groups excluding carboxylic acids is 1. The van der Waals surface area contributed by atoms with E-state index in [1.54, 1.807) is 12.0 Å². The molecule has 0 spiro atoms. The predicted octanol–water partition coefficient (Wildman–Crippen LogP) is 1.35. The van der Waals surface area contributed by atoms with Crippen molar-refractivity contribution >= 4 is 5.91 Å². The van der Waals surface area contributed by atoms with Crippen molar-refractivity contribution in [2.75, 3.05) is 26.7 Å². The minimum Gasteiger partial charge on any atom is -0.497 e. The van der Waals surface area contributed by atoms with E-state index in [4.69, 9.17) is 4.74 Å². The zero-order valence-corrected chi connectivity index (χ0v) is 16.2. The second kappa shape index (κ2) is 9.19. The van der Waals surface area contributed by atoms with Gasteiger partial charge >= 0.3 is 0 Å². The van der Waals surface area contributed by atoms with Gasteiger partial charge in [0.05, 0.1) is 13.5 Å². The SMILES string of the molecule is COc1ccc(CNC[C@@]2(O)CCN(C(=O)Cc3ccccc3)C[C@@H]2O)cc1. The van der Waals surface area contributed by atoms with E-state index in [1.807, 2.05) is 54.6 Å². The summed E-state index contributed by atoms with van der Waals surface area (Å²) >= 11 is 0. The maximum Gasteiger partial charge on any atom is 0.227 e. The summed E-state index contributed by atoms with van der Waals surface area (Å²) in [6.45, 7) is 1.42. The van der Waals surface area contributed by atoms with E-state index in [9.17, 15) is 15.0 Å². The molecule has 6 nitrogen and oxygen atoms in total. The molecule has 2 aromatic rings. The van der Waals surface area contributed by atoms with Crippen LogP contribution in [0.1, 0.15) is 17.5 Å². The molecule has 1 amide bonds. The lowest BCUT2D eigenvalue weighted by atomic mass is 9.88. The van der Waals surface area contributed by atoms with Crippen LogP contribution in [0, 0.1) is 0 Å². The normalized spacial score (nSPS) is 22.1. The minimum absolute atomic E-state index is 0.0292. The number of nitrogens with one attached hydrogen (secondary N) is 1. The number of aliphatic hydroxyl groups is 2. The topological polar surface area (TPSA) is 82.0 Å². The maximum absolute atomic E-state index is 12.5. The molecule has 0 aliphatic carbocycles. The molecule has 1 aliphatic heterocycles. The summed E-state index contributed by atoms with van der Waals surface area (Å²) in [5.74, 6) is 0.767. The van der Waals surface area contributed by atoms with Gasteiger partial charge in [0, 0.05) is 26.2 Å². The number of likely N-dealkylation sites (tertiary alicyclic amines) is 1. The molecule has 3 rings (SSSR count). The molecule has 28 heavy (non-hydrogen) atoms. The smallest absolute Gasteiger partial charge is 0.227 e. The van der Waals surface area contributed by atoms with Crippen molar-refractivity contribution in [2.45, 2.75) is 31.1 Å². The number of aliphatic hydroxyl groups excluding tert-OH is 1. The van der Waals surface area contributed by atoms with Gasteiger partial charge in [0.2, 0.25) is 5.91 Å². The summed E-state index contributed by atoms with van der Waals surface area (Å²) in [4.78, 5) is 14.1. The highest BCUT2D eigenvalue weighted by Crippen LogP contribution is 2.23. The lowest BCUT2D eigenvalue weighted by Crippen LogP contribution is -2.60. The number of ether oxygens (including phenoxy) is 1. The quantitative estimate of drug-likeness (QED) is 0.671. The second-order valence-corrected chi connectivity index (χ2v) is 7.32. The van der Waals surface area contributed by atoms with Crippen LogP contribution in [0.4, 0.5) is 0 Å². The van der Waals surface area contributed by atoms with Gasteiger partial charge in [-0.15, -0.1) is 0 Å². The molecule has 0 radical (unpaired) electrons. The predicted molar refractivity (Wildman–Crippen MR) is 107 cm³/mol. The molecule has 0 aromatic heterocycles. The Morgan fingerprint density at radius 2 is 1.89 bits per heavy atom. The van der Waals surface area contributed by atoms with Gasteiger partial charge in [0.25, 0.3) is 0 Å². The van der Waals surface area contributed by atoms with E-state index >= 15 is 0 Å². The van der Waals surface area contributed by atoms with Gasteiger partial charge in [-0.2, -0.15) is 0 Å². The number of piperidine rings is 1. The van der Waals surface area contributed by atoms with Gasteiger partial charge in [-0.3, -0.25) is 4.79 Å². The third kappa shape index (κ3) is 5.10. The first kappa shape index (κ1) is 20.3. The molecule has 0 bridgehead atoms. The van der Waals surface area contributed by atoms with Crippen LogP contribution in [0.25, 0.3) is 0 Å². The standard InChI is InChI=1S/C22H28N2O4/c1-28-19-9-7-18(8-10-19)14-23-16-22(27)11-12-24(15-20(22)25)21(26)13-17-5-3-2-4-6-17/h2-10,20,23,25,27H,11-16H2,1H3/t20-,22-/m0/s1. The van der Waals surface area contributed by atoms with Crippen molar-refractivity contribution < 1.29 is 19.7 Å². The third-order valence-electron chi connectivity index (χ3n) is 5.30. The van der Waals surface area contributed by atoms with Crippen LogP contribution in [0.15, 0.2) is 54.6 Å². The van der Waals surface area contributed by atoms with Crippen molar-refractivity contribution in [2.24, 2.45) is 0 Å². The first-order valence-electron chi connectivity index (χ1n) is 9.56. The molecule has 2 atom stereocenters. The fraction of sp³-hybridized carbons (Fsp3) is 0.409. The number of amides is 1. The molecule has 150 valence electrons. The Labute approximate surface area is 165 Å². The molecule has 1 saturated heterocycles. The number of β-amino-alcohol motifs (C(OH)–C–C–N with tert-alkyl or cyclic N) is 1. The van der Waals surface area contributed by atoms with E-state index in [2.05, 4.69) is 5.32 Å². The minimum atomic E-state index is -1.24. The lowest BCUT2D eigenvalue weighted by molar-refractivity contribution is -0.148. The Morgan fingerprint density at radius 3 is 2.54 bits per heavy atom. The molecule has 1 fully saturated rings. The molecule has 0 saturated carbocycles. The number of nitrogens with zero attached hydrogens (tertiary/aromatic N) is 1.